The summed E-state index contributed by atoms with van der Waals surface area (Å²) >= 11 is 0. The zero-order chi connectivity index (χ0) is 16.6. The molecule has 1 unspecified atom stereocenters. The molecular weight excluding hydrogens is 288 g/mol. The van der Waals surface area contributed by atoms with Gasteiger partial charge in [-0.05, 0) is 50.1 Å². The van der Waals surface area contributed by atoms with Gasteiger partial charge in [0.15, 0.2) is 6.04 Å². The third-order valence-electron chi connectivity index (χ3n) is 4.11. The minimum atomic E-state index is -0.593. The Kier molecular flexibility index (Phi) is 3.90. The molecule has 4 heteroatoms. The zero-order valence-corrected chi connectivity index (χ0v) is 13.5. The summed E-state index contributed by atoms with van der Waals surface area (Å²) in [5.74, 6) is 0.130. The number of hydrogen-bond donors (Lipinski definition) is 1. The van der Waals surface area contributed by atoms with Crippen molar-refractivity contribution in [2.75, 3.05) is 4.90 Å². The molecule has 0 aromatic heterocycles. The summed E-state index contributed by atoms with van der Waals surface area (Å²) in [6.07, 6.45) is 1.79. The van der Waals surface area contributed by atoms with Crippen molar-refractivity contribution in [3.8, 4) is 5.75 Å². The van der Waals surface area contributed by atoms with Crippen molar-refractivity contribution in [2.24, 2.45) is 4.99 Å². The van der Waals surface area contributed by atoms with Crippen molar-refractivity contribution >= 4 is 17.8 Å². The molecule has 0 aliphatic carbocycles. The molecule has 0 spiro atoms. The molecule has 23 heavy (non-hydrogen) atoms. The van der Waals surface area contributed by atoms with E-state index in [0.29, 0.717) is 0 Å². The lowest BCUT2D eigenvalue weighted by Crippen LogP contribution is -2.39. The third-order valence-corrected chi connectivity index (χ3v) is 4.11. The van der Waals surface area contributed by atoms with Gasteiger partial charge in [0.2, 0.25) is 0 Å². The molecule has 1 aliphatic heterocycles. The van der Waals surface area contributed by atoms with Gasteiger partial charge < -0.3 is 10.0 Å². The van der Waals surface area contributed by atoms with Crippen molar-refractivity contribution in [3.63, 3.8) is 0 Å². The first-order chi connectivity index (χ1) is 11.0. The Morgan fingerprint density at radius 1 is 1.13 bits per heavy atom. The molecule has 0 saturated heterocycles. The number of carbonyl (C=O) groups excluding carboxylic acids is 1. The van der Waals surface area contributed by atoms with Crippen LogP contribution in [0.1, 0.15) is 36.6 Å². The lowest BCUT2D eigenvalue weighted by atomic mass is 10.0. The molecule has 1 aliphatic rings. The lowest BCUT2D eigenvalue weighted by Gasteiger charge is -2.29. The highest BCUT2D eigenvalue weighted by Gasteiger charge is 2.31. The maximum absolute atomic E-state index is 13.1. The molecule has 2 aromatic carbocycles. The number of benzodiazepines with no additional fused rings is 1. The second-order valence-electron chi connectivity index (χ2n) is 6.08. The van der Waals surface area contributed by atoms with Gasteiger partial charge in [-0.1, -0.05) is 24.3 Å². The van der Waals surface area contributed by atoms with Crippen LogP contribution in [0.15, 0.2) is 47.5 Å². The summed E-state index contributed by atoms with van der Waals surface area (Å²) in [4.78, 5) is 19.4. The largest absolute Gasteiger partial charge is 0.508 e. The molecular formula is C19H20N2O2. The first-order valence-corrected chi connectivity index (χ1v) is 7.74. The lowest BCUT2D eigenvalue weighted by molar-refractivity contribution is -0.120. The summed E-state index contributed by atoms with van der Waals surface area (Å²) in [6.45, 7) is 6.03. The van der Waals surface area contributed by atoms with Gasteiger partial charge >= 0.3 is 0 Å². The van der Waals surface area contributed by atoms with E-state index in [1.165, 1.54) is 0 Å². The van der Waals surface area contributed by atoms with Crippen LogP contribution in [0.5, 0.6) is 5.75 Å². The number of benzene rings is 2. The Balaban J connectivity index is 2.13. The van der Waals surface area contributed by atoms with E-state index in [9.17, 15) is 9.90 Å². The fourth-order valence-corrected chi connectivity index (χ4v) is 2.92. The summed E-state index contributed by atoms with van der Waals surface area (Å²) in [5, 5.41) is 9.46. The van der Waals surface area contributed by atoms with Gasteiger partial charge in [-0.15, -0.1) is 0 Å². The third kappa shape index (κ3) is 2.72. The Hall–Kier alpha value is -2.62. The second-order valence-corrected chi connectivity index (χ2v) is 6.08. The van der Waals surface area contributed by atoms with Crippen LogP contribution in [-0.4, -0.2) is 23.3 Å². The second kappa shape index (κ2) is 5.88. The minimum Gasteiger partial charge on any atom is -0.508 e. The van der Waals surface area contributed by atoms with E-state index in [1.54, 1.807) is 30.5 Å². The van der Waals surface area contributed by atoms with Gasteiger partial charge in [0.1, 0.15) is 5.75 Å². The first kappa shape index (κ1) is 15.3. The molecule has 118 valence electrons. The number of aromatic hydroxyl groups is 1. The van der Waals surface area contributed by atoms with Crippen LogP contribution in [-0.2, 0) is 4.79 Å². The Labute approximate surface area is 136 Å². The van der Waals surface area contributed by atoms with E-state index in [4.69, 9.17) is 0 Å². The van der Waals surface area contributed by atoms with Crippen LogP contribution in [0.25, 0.3) is 0 Å². The van der Waals surface area contributed by atoms with Crippen LogP contribution >= 0.6 is 0 Å². The quantitative estimate of drug-likeness (QED) is 0.921. The van der Waals surface area contributed by atoms with E-state index in [0.717, 1.165) is 22.4 Å². The van der Waals surface area contributed by atoms with E-state index in [2.05, 4.69) is 4.99 Å². The molecule has 4 nitrogen and oxygen atoms in total. The summed E-state index contributed by atoms with van der Waals surface area (Å²) in [5.41, 5.74) is 3.75. The molecule has 0 saturated carbocycles. The average Bonchev–Trinajstić information content (AvgIpc) is 2.65. The molecule has 1 heterocycles. The van der Waals surface area contributed by atoms with Crippen LogP contribution in [0, 0.1) is 6.92 Å². The number of anilines is 1. The van der Waals surface area contributed by atoms with Crippen LogP contribution in [0.2, 0.25) is 0 Å². The number of fused-ring (bicyclic) bond motifs is 1. The number of phenols is 1. The summed E-state index contributed by atoms with van der Waals surface area (Å²) in [6, 6.07) is 12.1. The SMILES string of the molecule is Cc1cccc2c1C=NC(c1ccc(O)cc1)C(=O)N2C(C)C. The Bertz CT molecular complexity index is 763. The monoisotopic (exact) mass is 308 g/mol. The van der Waals surface area contributed by atoms with Gasteiger partial charge in [-0.3, -0.25) is 9.79 Å². The van der Waals surface area contributed by atoms with Crippen LogP contribution in [0.3, 0.4) is 0 Å². The predicted octanol–water partition coefficient (Wildman–Crippen LogP) is 3.62. The Morgan fingerprint density at radius 3 is 2.48 bits per heavy atom. The topological polar surface area (TPSA) is 52.9 Å². The Morgan fingerprint density at radius 2 is 1.83 bits per heavy atom. The number of hydrogen-bond acceptors (Lipinski definition) is 3. The number of rotatable bonds is 2. The minimum absolute atomic E-state index is 0.0318. The van der Waals surface area contributed by atoms with Crippen LogP contribution in [0.4, 0.5) is 5.69 Å². The van der Waals surface area contributed by atoms with Crippen molar-refractivity contribution < 1.29 is 9.90 Å². The van der Waals surface area contributed by atoms with Crippen molar-refractivity contribution in [3.05, 3.63) is 59.2 Å². The van der Waals surface area contributed by atoms with Gasteiger partial charge in [-0.25, -0.2) is 0 Å². The van der Waals surface area contributed by atoms with E-state index >= 15 is 0 Å². The average molecular weight is 308 g/mol. The van der Waals surface area contributed by atoms with E-state index in [-0.39, 0.29) is 17.7 Å². The molecule has 1 N–H and O–H groups in total. The highest BCUT2D eigenvalue weighted by molar-refractivity contribution is 6.06. The number of carbonyl (C=O) groups is 1. The summed E-state index contributed by atoms with van der Waals surface area (Å²) in [7, 11) is 0. The normalized spacial score (nSPS) is 17.3. The van der Waals surface area contributed by atoms with Crippen molar-refractivity contribution in [1.29, 1.82) is 0 Å². The fraction of sp³-hybridized carbons (Fsp3) is 0.263. The number of aliphatic imine (C=N–C) groups is 1. The molecule has 0 fully saturated rings. The van der Waals surface area contributed by atoms with Crippen LogP contribution < -0.4 is 4.90 Å². The maximum atomic E-state index is 13.1. The van der Waals surface area contributed by atoms with Crippen molar-refractivity contribution in [2.45, 2.75) is 32.9 Å². The van der Waals surface area contributed by atoms with E-state index < -0.39 is 6.04 Å². The molecule has 2 aromatic rings. The smallest absolute Gasteiger partial charge is 0.256 e. The van der Waals surface area contributed by atoms with E-state index in [1.807, 2.05) is 43.9 Å². The highest BCUT2D eigenvalue weighted by atomic mass is 16.3. The molecule has 1 amide bonds. The van der Waals surface area contributed by atoms with Gasteiger partial charge in [0, 0.05) is 17.8 Å². The number of nitrogens with zero attached hydrogens (tertiary/aromatic N) is 2. The molecule has 0 bridgehead atoms. The zero-order valence-electron chi connectivity index (χ0n) is 13.5. The van der Waals surface area contributed by atoms with Crippen molar-refractivity contribution in [1.82, 2.24) is 0 Å². The standard InChI is InChI=1S/C19H20N2O2/c1-12(2)21-17-6-4-5-13(3)16(17)11-20-18(19(21)23)14-7-9-15(22)10-8-14/h4-12,18,22H,1-3H3. The summed E-state index contributed by atoms with van der Waals surface area (Å²) < 4.78 is 0. The number of amides is 1. The molecule has 1 atom stereocenters. The number of phenolic OH excluding ortho intramolecular Hbond substituents is 1. The van der Waals surface area contributed by atoms with Gasteiger partial charge in [0.05, 0.1) is 5.69 Å². The first-order valence-electron chi connectivity index (χ1n) is 7.74. The van der Waals surface area contributed by atoms with Gasteiger partial charge in [0.25, 0.3) is 5.91 Å². The molecule has 3 rings (SSSR count). The molecule has 0 radical (unpaired) electrons. The maximum Gasteiger partial charge on any atom is 0.256 e. The fourth-order valence-electron chi connectivity index (χ4n) is 2.92. The highest BCUT2D eigenvalue weighted by Crippen LogP contribution is 2.32. The predicted molar refractivity (Wildman–Crippen MR) is 92.2 cm³/mol. The van der Waals surface area contributed by atoms with Gasteiger partial charge in [-0.2, -0.15) is 0 Å². The number of aryl methyl sites for hydroxylation is 1.